The summed E-state index contributed by atoms with van der Waals surface area (Å²) in [7, 11) is 3.48. The van der Waals surface area contributed by atoms with Crippen molar-refractivity contribution >= 4 is 23.1 Å². The molecule has 2 aliphatic rings. The van der Waals surface area contributed by atoms with E-state index in [1.54, 1.807) is 14.1 Å². The van der Waals surface area contributed by atoms with Crippen LogP contribution in [0.3, 0.4) is 0 Å². The Bertz CT molecular complexity index is 1050. The van der Waals surface area contributed by atoms with Crippen LogP contribution >= 0.6 is 0 Å². The lowest BCUT2D eigenvalue weighted by atomic mass is 10.1. The Balaban J connectivity index is 1.32. The van der Waals surface area contributed by atoms with Gasteiger partial charge < -0.3 is 9.05 Å². The van der Waals surface area contributed by atoms with Crippen LogP contribution in [0.4, 0.5) is 0 Å². The van der Waals surface area contributed by atoms with Crippen LogP contribution in [0.25, 0.3) is 11.1 Å². The van der Waals surface area contributed by atoms with Crippen LogP contribution in [0.15, 0.2) is 21.2 Å². The van der Waals surface area contributed by atoms with Gasteiger partial charge in [0.2, 0.25) is 0 Å². The summed E-state index contributed by atoms with van der Waals surface area (Å²) in [5, 5.41) is 7.82. The van der Waals surface area contributed by atoms with Crippen molar-refractivity contribution in [2.45, 2.75) is 39.5 Å². The van der Waals surface area contributed by atoms with E-state index in [1.807, 2.05) is 26.0 Å². The monoisotopic (exact) mass is 474 g/mol. The Morgan fingerprint density at radius 1 is 0.824 bits per heavy atom. The predicted molar refractivity (Wildman–Crippen MR) is 117 cm³/mol. The lowest BCUT2D eigenvalue weighted by Gasteiger charge is -2.34. The Labute approximate surface area is 196 Å². The molecule has 2 atom stereocenters. The van der Waals surface area contributed by atoms with Gasteiger partial charge in [-0.1, -0.05) is 24.2 Å². The largest absolute Gasteiger partial charge is 0.480 e. The maximum absolute atomic E-state index is 12.5. The second kappa shape index (κ2) is 9.47. The number of hydroxylamine groups is 6. The summed E-state index contributed by atoms with van der Waals surface area (Å²) in [5.74, 6) is 0.206. The SMILES string of the molecule is CCc1noc(C2=CC[N+](C)(OC(=O)C(=O)O[N+]3(C)CC=C(c4nc(CC)no4)CC3)CC2)n1. The summed E-state index contributed by atoms with van der Waals surface area (Å²) in [4.78, 5) is 44.7. The zero-order valence-electron chi connectivity index (χ0n) is 19.9. The molecule has 2 aromatic heterocycles. The van der Waals surface area contributed by atoms with Crippen molar-refractivity contribution in [3.8, 4) is 0 Å². The minimum absolute atomic E-state index is 0.0725. The first-order chi connectivity index (χ1) is 16.2. The minimum Gasteiger partial charge on any atom is -0.334 e. The highest BCUT2D eigenvalue weighted by atomic mass is 16.8. The second-order valence-electron chi connectivity index (χ2n) is 8.86. The molecule has 0 radical (unpaired) electrons. The van der Waals surface area contributed by atoms with E-state index >= 15 is 0 Å². The number of hydrogen-bond acceptors (Lipinski definition) is 10. The van der Waals surface area contributed by atoms with E-state index in [4.69, 9.17) is 18.7 Å². The van der Waals surface area contributed by atoms with E-state index < -0.39 is 11.9 Å². The first kappa shape index (κ1) is 23.8. The molecular weight excluding hydrogens is 444 g/mol. The van der Waals surface area contributed by atoms with Crippen molar-refractivity contribution in [3.63, 3.8) is 0 Å². The van der Waals surface area contributed by atoms with Gasteiger partial charge in [-0.2, -0.15) is 9.97 Å². The molecule has 0 N–H and O–H groups in total. The number of hydrogen-bond donors (Lipinski definition) is 0. The van der Waals surface area contributed by atoms with Crippen molar-refractivity contribution in [1.29, 1.82) is 0 Å². The third kappa shape index (κ3) is 5.23. The molecule has 182 valence electrons. The molecule has 0 spiro atoms. The van der Waals surface area contributed by atoms with Gasteiger partial charge in [0.1, 0.15) is 40.3 Å². The number of likely N-dealkylation sites (N-methyl/N-ethyl adjacent to an activating group) is 2. The number of nitrogens with zero attached hydrogens (tertiary/aromatic N) is 6. The summed E-state index contributed by atoms with van der Waals surface area (Å²) in [6.45, 7) is 5.59. The van der Waals surface area contributed by atoms with Crippen LogP contribution in [0.2, 0.25) is 0 Å². The Kier molecular flexibility index (Phi) is 6.62. The van der Waals surface area contributed by atoms with Gasteiger partial charge in [0.25, 0.3) is 11.8 Å². The van der Waals surface area contributed by atoms with E-state index in [0.717, 1.165) is 11.1 Å². The lowest BCUT2D eigenvalue weighted by molar-refractivity contribution is -1.08. The fourth-order valence-corrected chi connectivity index (χ4v) is 3.79. The van der Waals surface area contributed by atoms with Crippen molar-refractivity contribution < 1.29 is 37.6 Å². The summed E-state index contributed by atoms with van der Waals surface area (Å²) in [6.07, 6.45) is 6.30. The van der Waals surface area contributed by atoms with Crippen molar-refractivity contribution in [1.82, 2.24) is 20.3 Å². The molecule has 0 aromatic carbocycles. The highest BCUT2D eigenvalue weighted by molar-refractivity contribution is 6.29. The van der Waals surface area contributed by atoms with Gasteiger partial charge in [0, 0.05) is 36.8 Å². The van der Waals surface area contributed by atoms with Crippen molar-refractivity contribution in [2.24, 2.45) is 0 Å². The van der Waals surface area contributed by atoms with Gasteiger partial charge >= 0.3 is 11.9 Å². The fraction of sp³-hybridized carbons (Fsp3) is 0.545. The Morgan fingerprint density at radius 2 is 1.24 bits per heavy atom. The number of aryl methyl sites for hydroxylation is 2. The first-order valence-corrected chi connectivity index (χ1v) is 11.4. The van der Waals surface area contributed by atoms with Gasteiger partial charge in [0.15, 0.2) is 11.6 Å². The maximum atomic E-state index is 12.5. The van der Waals surface area contributed by atoms with Crippen LogP contribution in [-0.2, 0) is 32.1 Å². The van der Waals surface area contributed by atoms with Crippen LogP contribution in [0.5, 0.6) is 0 Å². The van der Waals surface area contributed by atoms with Gasteiger partial charge in [-0.05, 0) is 12.2 Å². The van der Waals surface area contributed by atoms with Crippen molar-refractivity contribution in [2.75, 3.05) is 40.3 Å². The Hall–Kier alpha value is -3.38. The molecule has 0 saturated carbocycles. The number of quaternary nitrogens is 2. The predicted octanol–water partition coefficient (Wildman–Crippen LogP) is 1.66. The normalized spacial score (nSPS) is 24.8. The highest BCUT2D eigenvalue weighted by Gasteiger charge is 2.40. The van der Waals surface area contributed by atoms with E-state index in [9.17, 15) is 9.59 Å². The summed E-state index contributed by atoms with van der Waals surface area (Å²) in [6, 6.07) is 0. The molecule has 0 bridgehead atoms. The standard InChI is InChI=1S/C22H30N6O6/c1-5-17-23-19(31-25-17)15-7-11-27(3,12-8-15)33-21(29)22(30)34-28(4)13-9-16(10-14-28)20-24-18(6-2)26-32-20/h7,9H,5-6,8,10-14H2,1-4H3/q+2. The molecule has 12 nitrogen and oxygen atoms in total. The lowest BCUT2D eigenvalue weighted by Crippen LogP contribution is -2.53. The minimum atomic E-state index is -1.02. The van der Waals surface area contributed by atoms with Gasteiger partial charge in [-0.3, -0.25) is 9.68 Å². The third-order valence-electron chi connectivity index (χ3n) is 6.05. The second-order valence-corrected chi connectivity index (χ2v) is 8.86. The van der Waals surface area contributed by atoms with Gasteiger partial charge in [0.05, 0.1) is 0 Å². The molecule has 4 rings (SSSR count). The van der Waals surface area contributed by atoms with E-state index in [2.05, 4.69) is 20.3 Å². The molecule has 0 amide bonds. The van der Waals surface area contributed by atoms with Crippen LogP contribution in [0.1, 0.15) is 50.1 Å². The van der Waals surface area contributed by atoms with E-state index in [-0.39, 0.29) is 9.29 Å². The number of rotatable bonds is 6. The highest BCUT2D eigenvalue weighted by Crippen LogP contribution is 2.26. The molecule has 2 aromatic rings. The quantitative estimate of drug-likeness (QED) is 0.450. The molecule has 2 aliphatic heterocycles. The van der Waals surface area contributed by atoms with Crippen LogP contribution in [-0.4, -0.2) is 81.8 Å². The number of carbonyl (C=O) groups excluding carboxylic acids is 2. The summed E-state index contributed by atoms with van der Waals surface area (Å²) < 4.78 is 10.4. The average Bonchev–Trinajstić information content (AvgIpc) is 3.49. The topological polar surface area (TPSA) is 130 Å². The van der Waals surface area contributed by atoms with E-state index in [0.29, 0.717) is 75.3 Å². The zero-order chi connectivity index (χ0) is 24.3. The number of carbonyl (C=O) groups is 2. The van der Waals surface area contributed by atoms with Gasteiger partial charge in [-0.25, -0.2) is 9.59 Å². The molecule has 34 heavy (non-hydrogen) atoms. The molecule has 12 heteroatoms. The molecule has 2 unspecified atom stereocenters. The molecule has 4 heterocycles. The van der Waals surface area contributed by atoms with Crippen LogP contribution < -0.4 is 0 Å². The molecule has 0 aliphatic carbocycles. The molecule has 0 fully saturated rings. The molecule has 0 saturated heterocycles. The Morgan fingerprint density at radius 3 is 1.53 bits per heavy atom. The fourth-order valence-electron chi connectivity index (χ4n) is 3.79. The zero-order valence-corrected chi connectivity index (χ0v) is 19.9. The first-order valence-electron chi connectivity index (χ1n) is 11.4. The summed E-state index contributed by atoms with van der Waals surface area (Å²) >= 11 is 0. The third-order valence-corrected chi connectivity index (χ3v) is 6.05. The summed E-state index contributed by atoms with van der Waals surface area (Å²) in [5.41, 5.74) is 1.81. The number of aromatic nitrogens is 4. The smallest absolute Gasteiger partial charge is 0.334 e. The van der Waals surface area contributed by atoms with Crippen LogP contribution in [0, 0.1) is 0 Å². The van der Waals surface area contributed by atoms with Gasteiger partial charge in [-0.15, -0.1) is 9.29 Å². The molecular formula is C22H30N6O6+2. The average molecular weight is 475 g/mol. The van der Waals surface area contributed by atoms with E-state index in [1.165, 1.54) is 0 Å². The van der Waals surface area contributed by atoms with Crippen molar-refractivity contribution in [3.05, 3.63) is 35.6 Å². The maximum Gasteiger partial charge on any atom is 0.480 e.